The fraction of sp³-hybridized carbons (Fsp3) is 0.184. The van der Waals surface area contributed by atoms with Gasteiger partial charge in [0.05, 0.1) is 0 Å². The van der Waals surface area contributed by atoms with Crippen molar-refractivity contribution in [1.82, 2.24) is 0 Å². The van der Waals surface area contributed by atoms with Gasteiger partial charge >= 0.3 is 0 Å². The van der Waals surface area contributed by atoms with Crippen molar-refractivity contribution in [2.45, 2.75) is 59.8 Å². The zero-order valence-corrected chi connectivity index (χ0v) is 30.0. The summed E-state index contributed by atoms with van der Waals surface area (Å²) in [7, 11) is 0. The van der Waals surface area contributed by atoms with Crippen LogP contribution in [0.1, 0.15) is 70.2 Å². The van der Waals surface area contributed by atoms with E-state index in [1.54, 1.807) is 0 Å². The minimum absolute atomic E-state index is 0.185. The van der Waals surface area contributed by atoms with Crippen molar-refractivity contribution in [3.05, 3.63) is 167 Å². The summed E-state index contributed by atoms with van der Waals surface area (Å²) in [6, 6.07) is 35.2. The van der Waals surface area contributed by atoms with Crippen molar-refractivity contribution >= 4 is 65.4 Å². The molecule has 0 atom stereocenters. The average Bonchev–Trinajstić information content (AvgIpc) is 3.65. The first-order chi connectivity index (χ1) is 24.3. The van der Waals surface area contributed by atoms with E-state index in [0.29, 0.717) is 0 Å². The van der Waals surface area contributed by atoms with Crippen LogP contribution in [0.15, 0.2) is 149 Å². The van der Waals surface area contributed by atoms with Crippen LogP contribution in [0.2, 0.25) is 0 Å². The van der Waals surface area contributed by atoms with Gasteiger partial charge in [0.2, 0.25) is 0 Å². The van der Waals surface area contributed by atoms with E-state index in [0.717, 1.165) is 24.0 Å². The average molecular weight is 649 g/mol. The Morgan fingerprint density at radius 1 is 0.660 bits per heavy atom. The maximum atomic E-state index is 6.70. The second-order valence-corrected chi connectivity index (χ2v) is 14.3. The fourth-order valence-corrected chi connectivity index (χ4v) is 8.52. The molecule has 1 aliphatic rings. The van der Waals surface area contributed by atoms with Crippen LogP contribution in [0.4, 0.5) is 0 Å². The number of hydrogen-bond acceptors (Lipinski definition) is 1. The molecule has 0 fully saturated rings. The first-order valence-electron chi connectivity index (χ1n) is 18.0. The van der Waals surface area contributed by atoms with Crippen LogP contribution in [-0.2, 0) is 11.8 Å². The Morgan fingerprint density at radius 2 is 1.18 bits per heavy atom. The van der Waals surface area contributed by atoms with Gasteiger partial charge in [0.1, 0.15) is 11.2 Å². The third-order valence-electron chi connectivity index (χ3n) is 11.0. The first-order valence-corrected chi connectivity index (χ1v) is 18.0. The minimum Gasteiger partial charge on any atom is -0.456 e. The predicted octanol–water partition coefficient (Wildman–Crippen LogP) is 14.2. The van der Waals surface area contributed by atoms with Gasteiger partial charge in [0.15, 0.2) is 0 Å². The molecule has 0 amide bonds. The van der Waals surface area contributed by atoms with E-state index in [2.05, 4.69) is 175 Å². The molecule has 0 saturated heterocycles. The molecule has 8 rings (SSSR count). The summed E-state index contributed by atoms with van der Waals surface area (Å²) < 4.78 is 6.70. The summed E-state index contributed by atoms with van der Waals surface area (Å²) in [6.45, 7) is 13.6. The molecular weight excluding hydrogens is 605 g/mol. The van der Waals surface area contributed by atoms with Gasteiger partial charge in [0.25, 0.3) is 0 Å². The topological polar surface area (TPSA) is 13.1 Å². The van der Waals surface area contributed by atoms with E-state index in [9.17, 15) is 0 Å². The molecule has 1 aliphatic carbocycles. The SMILES string of the molecule is C\C=C/C(=C/C=C(\C)c1c2ccccc2c(/C(C)=C/C=C2\Cc3c(c4oc5ccccc5c4c4ccccc34)C2(C)C)c2ccccc12)CC. The lowest BCUT2D eigenvalue weighted by Crippen LogP contribution is -2.15. The lowest BCUT2D eigenvalue weighted by Gasteiger charge is -2.22. The summed E-state index contributed by atoms with van der Waals surface area (Å²) >= 11 is 0. The van der Waals surface area contributed by atoms with Crippen LogP contribution in [0.5, 0.6) is 0 Å². The summed E-state index contributed by atoms with van der Waals surface area (Å²) in [4.78, 5) is 0. The Bertz CT molecular complexity index is 2590. The van der Waals surface area contributed by atoms with Crippen molar-refractivity contribution in [1.29, 1.82) is 0 Å². The number of allylic oxidation sites excluding steroid dienone is 10. The largest absolute Gasteiger partial charge is 0.456 e. The highest BCUT2D eigenvalue weighted by atomic mass is 16.3. The number of furan rings is 1. The molecule has 6 aromatic carbocycles. The molecule has 0 radical (unpaired) electrons. The molecule has 0 spiro atoms. The maximum Gasteiger partial charge on any atom is 0.140 e. The second-order valence-electron chi connectivity index (χ2n) is 14.3. The summed E-state index contributed by atoms with van der Waals surface area (Å²) in [6.07, 6.45) is 15.6. The van der Waals surface area contributed by atoms with Gasteiger partial charge in [0, 0.05) is 21.8 Å². The summed E-state index contributed by atoms with van der Waals surface area (Å²) in [5.74, 6) is 0. The number of benzene rings is 6. The van der Waals surface area contributed by atoms with Crippen molar-refractivity contribution in [2.75, 3.05) is 0 Å². The van der Waals surface area contributed by atoms with Crippen molar-refractivity contribution in [3.8, 4) is 0 Å². The smallest absolute Gasteiger partial charge is 0.140 e. The van der Waals surface area contributed by atoms with Gasteiger partial charge in [-0.15, -0.1) is 0 Å². The Hall–Kier alpha value is -5.40. The Morgan fingerprint density at radius 3 is 1.76 bits per heavy atom. The van der Waals surface area contributed by atoms with Gasteiger partial charge in [-0.2, -0.15) is 0 Å². The molecule has 0 unspecified atom stereocenters. The molecule has 0 saturated carbocycles. The molecule has 7 aromatic rings. The van der Waals surface area contributed by atoms with Gasteiger partial charge in [-0.05, 0) is 105 Å². The maximum absolute atomic E-state index is 6.70. The standard InChI is InChI=1S/C49H44O/c1-7-17-33(8-2)28-26-31(3)44-37-20-11-13-22-39(37)45(40-23-14-12-21-38(40)44)32(4)27-29-34-30-42-35-18-9-10-19-36(35)46-41-24-15-16-25-43(41)50-48(46)47(42)49(34,5)6/h7,9-29H,8,30H2,1-6H3/b17-7-,31-26+,32-27+,33-28+,34-29+. The highest BCUT2D eigenvalue weighted by molar-refractivity contribution is 6.21. The van der Waals surface area contributed by atoms with Crippen molar-refractivity contribution < 1.29 is 4.42 Å². The van der Waals surface area contributed by atoms with Gasteiger partial charge in [-0.1, -0.05) is 154 Å². The lowest BCUT2D eigenvalue weighted by atomic mass is 9.81. The Labute approximate surface area is 295 Å². The zero-order valence-electron chi connectivity index (χ0n) is 30.0. The highest BCUT2D eigenvalue weighted by Gasteiger charge is 2.39. The first kappa shape index (κ1) is 31.8. The van der Waals surface area contributed by atoms with E-state index < -0.39 is 0 Å². The molecule has 246 valence electrons. The second kappa shape index (κ2) is 12.5. The molecule has 1 aromatic heterocycles. The summed E-state index contributed by atoms with van der Waals surface area (Å²) in [5, 5.41) is 10.2. The predicted molar refractivity (Wildman–Crippen MR) is 218 cm³/mol. The van der Waals surface area contributed by atoms with Crippen LogP contribution in [0.25, 0.3) is 65.4 Å². The van der Waals surface area contributed by atoms with Crippen LogP contribution < -0.4 is 0 Å². The van der Waals surface area contributed by atoms with E-state index in [1.165, 1.54) is 87.6 Å². The van der Waals surface area contributed by atoms with Gasteiger partial charge in [-0.3, -0.25) is 0 Å². The van der Waals surface area contributed by atoms with E-state index in [1.807, 2.05) is 0 Å². The van der Waals surface area contributed by atoms with Crippen molar-refractivity contribution in [3.63, 3.8) is 0 Å². The Balaban J connectivity index is 1.30. The van der Waals surface area contributed by atoms with E-state index >= 15 is 0 Å². The molecule has 1 heterocycles. The highest BCUT2D eigenvalue weighted by Crippen LogP contribution is 2.51. The molecule has 1 nitrogen and oxygen atoms in total. The quantitative estimate of drug-likeness (QED) is 0.129. The van der Waals surface area contributed by atoms with Crippen molar-refractivity contribution in [2.24, 2.45) is 0 Å². The minimum atomic E-state index is -0.185. The number of hydrogen-bond donors (Lipinski definition) is 0. The monoisotopic (exact) mass is 648 g/mol. The third-order valence-corrected chi connectivity index (χ3v) is 11.0. The molecule has 0 bridgehead atoms. The lowest BCUT2D eigenvalue weighted by molar-refractivity contribution is 0.613. The zero-order chi connectivity index (χ0) is 34.6. The molecule has 0 N–H and O–H groups in total. The summed E-state index contributed by atoms with van der Waals surface area (Å²) in [5.41, 5.74) is 12.4. The fourth-order valence-electron chi connectivity index (χ4n) is 8.52. The number of fused-ring (bicyclic) bond motifs is 10. The molecular formula is C49H44O. The molecule has 0 aliphatic heterocycles. The van der Waals surface area contributed by atoms with Gasteiger partial charge in [-0.25, -0.2) is 0 Å². The molecule has 50 heavy (non-hydrogen) atoms. The Kier molecular flexibility index (Phi) is 7.95. The molecule has 1 heteroatoms. The van der Waals surface area contributed by atoms with Crippen LogP contribution in [0.3, 0.4) is 0 Å². The third kappa shape index (κ3) is 4.99. The number of para-hydroxylation sites is 1. The van der Waals surface area contributed by atoms with Crippen LogP contribution >= 0.6 is 0 Å². The van der Waals surface area contributed by atoms with Crippen LogP contribution in [-0.4, -0.2) is 0 Å². The van der Waals surface area contributed by atoms with Crippen LogP contribution in [0, 0.1) is 0 Å². The van der Waals surface area contributed by atoms with E-state index in [-0.39, 0.29) is 5.41 Å². The van der Waals surface area contributed by atoms with E-state index in [4.69, 9.17) is 4.42 Å². The number of rotatable bonds is 6. The van der Waals surface area contributed by atoms with Gasteiger partial charge < -0.3 is 4.42 Å². The normalized spacial score (nSPS) is 16.3.